The maximum atomic E-state index is 11.1. The fourth-order valence-corrected chi connectivity index (χ4v) is 2.20. The van der Waals surface area contributed by atoms with E-state index in [2.05, 4.69) is 0 Å². The van der Waals surface area contributed by atoms with Gasteiger partial charge in [0.05, 0.1) is 0 Å². The Morgan fingerprint density at radius 2 is 2.08 bits per heavy atom. The summed E-state index contributed by atoms with van der Waals surface area (Å²) in [6.07, 6.45) is 0. The average molecular weight is 210 g/mol. The van der Waals surface area contributed by atoms with E-state index in [0.717, 1.165) is 0 Å². The molecule has 7 heteroatoms. The van der Waals surface area contributed by atoms with Gasteiger partial charge in [0.2, 0.25) is 0 Å². The third kappa shape index (κ3) is 1.54. The molecule has 1 aromatic heterocycles. The summed E-state index contributed by atoms with van der Waals surface area (Å²) < 4.78 is 28.7. The second kappa shape index (κ2) is 3.13. The van der Waals surface area contributed by atoms with Crippen LogP contribution < -0.4 is 4.72 Å². The molecule has 1 N–H and O–H groups in total. The minimum atomic E-state index is -3.70. The maximum Gasteiger partial charge on any atom is 0.298 e. The third-order valence-corrected chi connectivity index (χ3v) is 2.78. The minimum Gasteiger partial charge on any atom is -0.448 e. The Labute approximate surface area is 96.8 Å². The van der Waals surface area contributed by atoms with E-state index in [1.54, 1.807) is 11.6 Å². The molecule has 0 bridgehead atoms. The maximum absolute atomic E-state index is 11.1. The molecule has 2 rings (SSSR count). The standard InChI is InChI=1S/C6H5NO4S.Na/c1-3-2-4-5(8)7-12(9,10)6(4)11-3;/h2H,1H3,(H,7,8);. The average Bonchev–Trinajstić information content (AvgIpc) is 2.37. The van der Waals surface area contributed by atoms with E-state index in [0.29, 0.717) is 5.76 Å². The molecule has 0 atom stereocenters. The van der Waals surface area contributed by atoms with E-state index >= 15 is 0 Å². The number of rotatable bonds is 0. The second-order valence-electron chi connectivity index (χ2n) is 2.49. The van der Waals surface area contributed by atoms with Crippen LogP contribution in [0.2, 0.25) is 0 Å². The molecule has 0 spiro atoms. The van der Waals surface area contributed by atoms with Gasteiger partial charge in [0.1, 0.15) is 11.3 Å². The van der Waals surface area contributed by atoms with Gasteiger partial charge in [0.25, 0.3) is 21.0 Å². The van der Waals surface area contributed by atoms with Gasteiger partial charge in [-0.2, -0.15) is 8.42 Å². The molecule has 0 fully saturated rings. The summed E-state index contributed by atoms with van der Waals surface area (Å²) in [7, 11) is -3.70. The van der Waals surface area contributed by atoms with Crippen LogP contribution in [0.5, 0.6) is 0 Å². The predicted molar refractivity (Wildman–Crippen MR) is 43.9 cm³/mol. The fraction of sp³-hybridized carbons (Fsp3) is 0.167. The summed E-state index contributed by atoms with van der Waals surface area (Å²) in [6.45, 7) is 1.58. The van der Waals surface area contributed by atoms with Crippen molar-refractivity contribution in [3.63, 3.8) is 0 Å². The van der Waals surface area contributed by atoms with Gasteiger partial charge >= 0.3 is 0 Å². The first-order valence-electron chi connectivity index (χ1n) is 3.18. The molecule has 65 valence electrons. The van der Waals surface area contributed by atoms with Crippen molar-refractivity contribution in [2.24, 2.45) is 0 Å². The molecule has 0 unspecified atom stereocenters. The van der Waals surface area contributed by atoms with Gasteiger partial charge in [-0.25, -0.2) is 4.72 Å². The van der Waals surface area contributed by atoms with Gasteiger partial charge < -0.3 is 4.42 Å². The Bertz CT molecular complexity index is 461. The molecule has 5 nitrogen and oxygen atoms in total. The van der Waals surface area contributed by atoms with Gasteiger partial charge in [0, 0.05) is 29.6 Å². The molecule has 0 saturated carbocycles. The van der Waals surface area contributed by atoms with Crippen LogP contribution >= 0.6 is 0 Å². The molecule has 1 aliphatic heterocycles. The van der Waals surface area contributed by atoms with E-state index in [1.165, 1.54) is 6.07 Å². The number of furan rings is 1. The zero-order valence-electron chi connectivity index (χ0n) is 7.12. The monoisotopic (exact) mass is 210 g/mol. The Hall–Kier alpha value is -0.300. The fourth-order valence-electron chi connectivity index (χ4n) is 1.07. The number of hydrogen-bond donors (Lipinski definition) is 1. The summed E-state index contributed by atoms with van der Waals surface area (Å²) >= 11 is 0. The summed E-state index contributed by atoms with van der Waals surface area (Å²) in [5, 5.41) is -0.273. The molecule has 0 saturated heterocycles. The molecule has 1 radical (unpaired) electrons. The number of aryl methyl sites for hydroxylation is 1. The van der Waals surface area contributed by atoms with E-state index in [-0.39, 0.29) is 40.2 Å². The van der Waals surface area contributed by atoms with Crippen molar-refractivity contribution in [2.45, 2.75) is 12.0 Å². The van der Waals surface area contributed by atoms with Crippen LogP contribution in [0.25, 0.3) is 0 Å². The van der Waals surface area contributed by atoms with Crippen LogP contribution in [0.4, 0.5) is 0 Å². The van der Waals surface area contributed by atoms with Crippen LogP contribution in [0.1, 0.15) is 16.1 Å². The molecular weight excluding hydrogens is 205 g/mol. The van der Waals surface area contributed by atoms with E-state index in [1.807, 2.05) is 0 Å². The first kappa shape index (κ1) is 10.8. The Balaban J connectivity index is 0.000000845. The predicted octanol–water partition coefficient (Wildman–Crippen LogP) is -0.361. The smallest absolute Gasteiger partial charge is 0.298 e. The van der Waals surface area contributed by atoms with Gasteiger partial charge in [0.15, 0.2) is 0 Å². The number of amides is 1. The molecule has 1 amide bonds. The first-order valence-corrected chi connectivity index (χ1v) is 4.66. The van der Waals surface area contributed by atoms with Crippen molar-refractivity contribution in [1.82, 2.24) is 4.72 Å². The largest absolute Gasteiger partial charge is 0.448 e. The Kier molecular flexibility index (Phi) is 2.59. The number of sulfonamides is 1. The number of nitrogens with one attached hydrogen (secondary N) is 1. The van der Waals surface area contributed by atoms with Gasteiger partial charge in [-0.1, -0.05) is 0 Å². The van der Waals surface area contributed by atoms with Crippen molar-refractivity contribution >= 4 is 45.5 Å². The second-order valence-corrected chi connectivity index (χ2v) is 4.07. The van der Waals surface area contributed by atoms with Crippen molar-refractivity contribution in [3.05, 3.63) is 17.4 Å². The number of fused-ring (bicyclic) bond motifs is 1. The zero-order valence-corrected chi connectivity index (χ0v) is 9.94. The van der Waals surface area contributed by atoms with Crippen LogP contribution in [0, 0.1) is 6.92 Å². The Morgan fingerprint density at radius 3 is 2.62 bits per heavy atom. The molecule has 13 heavy (non-hydrogen) atoms. The summed E-state index contributed by atoms with van der Waals surface area (Å²) in [5.41, 5.74) is 0.0903. The topological polar surface area (TPSA) is 76.4 Å². The zero-order chi connectivity index (χ0) is 8.93. The van der Waals surface area contributed by atoms with E-state index in [9.17, 15) is 13.2 Å². The van der Waals surface area contributed by atoms with Gasteiger partial charge in [-0.3, -0.25) is 4.79 Å². The van der Waals surface area contributed by atoms with Crippen molar-refractivity contribution in [2.75, 3.05) is 0 Å². The number of carbonyl (C=O) groups is 1. The molecule has 2 heterocycles. The number of carbonyl (C=O) groups excluding carboxylic acids is 1. The summed E-state index contributed by atoms with van der Waals surface area (Å²) in [5.74, 6) is -0.208. The van der Waals surface area contributed by atoms with Gasteiger partial charge in [-0.05, 0) is 13.0 Å². The van der Waals surface area contributed by atoms with Gasteiger partial charge in [-0.15, -0.1) is 0 Å². The van der Waals surface area contributed by atoms with Crippen molar-refractivity contribution < 1.29 is 17.6 Å². The molecule has 0 aliphatic carbocycles. The minimum absolute atomic E-state index is 0. The molecule has 1 aliphatic rings. The molecular formula is C6H5NNaO4S. The SMILES string of the molecule is Cc1cc2c(o1)S(=O)(=O)NC2=O.[Na]. The number of hydrogen-bond acceptors (Lipinski definition) is 4. The van der Waals surface area contributed by atoms with E-state index in [4.69, 9.17) is 4.42 Å². The Morgan fingerprint density at radius 1 is 1.46 bits per heavy atom. The van der Waals surface area contributed by atoms with Crippen LogP contribution in [0.3, 0.4) is 0 Å². The first-order chi connectivity index (χ1) is 5.50. The normalized spacial score (nSPS) is 17.5. The van der Waals surface area contributed by atoms with Crippen LogP contribution in [0.15, 0.2) is 15.6 Å². The van der Waals surface area contributed by atoms with Crippen LogP contribution in [-0.2, 0) is 10.0 Å². The third-order valence-electron chi connectivity index (χ3n) is 1.54. The van der Waals surface area contributed by atoms with Crippen LogP contribution in [-0.4, -0.2) is 43.9 Å². The van der Waals surface area contributed by atoms with Crippen molar-refractivity contribution in [1.29, 1.82) is 0 Å². The molecule has 1 aromatic rings. The quantitative estimate of drug-likeness (QED) is 0.593. The molecule has 0 aromatic carbocycles. The van der Waals surface area contributed by atoms with Crippen molar-refractivity contribution in [3.8, 4) is 0 Å². The van der Waals surface area contributed by atoms with E-state index < -0.39 is 15.9 Å². The summed E-state index contributed by atoms with van der Waals surface area (Å²) in [4.78, 5) is 10.9. The summed E-state index contributed by atoms with van der Waals surface area (Å²) in [6, 6.07) is 1.40.